The first-order valence-electron chi connectivity index (χ1n) is 0.846. The summed E-state index contributed by atoms with van der Waals surface area (Å²) < 4.78 is 0. The second-order valence-corrected chi connectivity index (χ2v) is 0.129. The van der Waals surface area contributed by atoms with Crippen LogP contribution in [-0.4, -0.2) is 0 Å². The molecule has 0 aliphatic heterocycles. The smallest absolute Gasteiger partial charge is 0.173 e. The van der Waals surface area contributed by atoms with Crippen molar-refractivity contribution in [2.75, 3.05) is 0 Å². The van der Waals surface area contributed by atoms with Crippen LogP contribution in [0.1, 0.15) is 0 Å². The minimum absolute atomic E-state index is 1.25. The Morgan fingerprint density at radius 3 is 1.40 bits per heavy atom. The van der Waals surface area contributed by atoms with Gasteiger partial charge in [-0.2, -0.15) is 5.26 Å². The number of hydrazine groups is 1. The van der Waals surface area contributed by atoms with E-state index in [1.807, 2.05) is 0 Å². The van der Waals surface area contributed by atoms with Crippen molar-refractivity contribution in [3.8, 4) is 6.19 Å². The molecular formula is CH6N4. The molecule has 0 aliphatic carbocycles. The lowest BCUT2D eigenvalue weighted by molar-refractivity contribution is 1.26. The van der Waals surface area contributed by atoms with Crippen molar-refractivity contribution in [3.63, 3.8) is 0 Å². The van der Waals surface area contributed by atoms with E-state index in [9.17, 15) is 0 Å². The summed E-state index contributed by atoms with van der Waals surface area (Å²) in [7, 11) is 0. The molecule has 0 atom stereocenters. The standard InChI is InChI=1S/CH2N2.H4N2/c2-1-3;1-2/h2H2;1-2H2. The fraction of sp³-hybridized carbons (Fsp3) is 0. The molecule has 5 heavy (non-hydrogen) atoms. The maximum atomic E-state index is 7.10. The molecule has 0 amide bonds. The van der Waals surface area contributed by atoms with Crippen molar-refractivity contribution in [1.82, 2.24) is 0 Å². The van der Waals surface area contributed by atoms with E-state index in [-0.39, 0.29) is 0 Å². The van der Waals surface area contributed by atoms with E-state index in [0.717, 1.165) is 0 Å². The van der Waals surface area contributed by atoms with Crippen molar-refractivity contribution < 1.29 is 0 Å². The van der Waals surface area contributed by atoms with Crippen LogP contribution < -0.4 is 17.4 Å². The molecule has 30 valence electrons. The summed E-state index contributed by atoms with van der Waals surface area (Å²) in [5.74, 6) is 8.00. The van der Waals surface area contributed by atoms with Gasteiger partial charge in [-0.25, -0.2) is 0 Å². The average Bonchev–Trinajstić information content (AvgIpc) is 1.46. The lowest BCUT2D eigenvalue weighted by Crippen LogP contribution is -2.02. The van der Waals surface area contributed by atoms with E-state index in [4.69, 9.17) is 5.26 Å². The highest BCUT2D eigenvalue weighted by molar-refractivity contribution is 4.46. The quantitative estimate of drug-likeness (QED) is 0.137. The molecule has 4 heteroatoms. The molecule has 0 rings (SSSR count). The van der Waals surface area contributed by atoms with E-state index < -0.39 is 0 Å². The largest absolute Gasteiger partial charge is 0.337 e. The molecule has 0 aromatic carbocycles. The Bertz CT molecular complexity index is 25.1. The zero-order valence-electron chi connectivity index (χ0n) is 2.68. The van der Waals surface area contributed by atoms with Gasteiger partial charge in [0.15, 0.2) is 6.19 Å². The van der Waals surface area contributed by atoms with Crippen LogP contribution in [0.5, 0.6) is 0 Å². The van der Waals surface area contributed by atoms with E-state index in [0.29, 0.717) is 0 Å². The average molecular weight is 74.1 g/mol. The zero-order chi connectivity index (χ0) is 4.71. The van der Waals surface area contributed by atoms with Crippen LogP contribution in [0.15, 0.2) is 0 Å². The number of nitrogens with zero attached hydrogens (tertiary/aromatic N) is 1. The molecule has 0 aromatic rings. The lowest BCUT2D eigenvalue weighted by atomic mass is 11.5. The van der Waals surface area contributed by atoms with Gasteiger partial charge in [0.25, 0.3) is 0 Å². The van der Waals surface area contributed by atoms with Gasteiger partial charge in [-0.15, -0.1) is 0 Å². The first kappa shape index (κ1) is 8.88. The Morgan fingerprint density at radius 2 is 1.40 bits per heavy atom. The molecule has 0 aliphatic rings. The van der Waals surface area contributed by atoms with Crippen molar-refractivity contribution in [2.24, 2.45) is 17.4 Å². The highest BCUT2D eigenvalue weighted by Gasteiger charge is 1.12. The predicted octanol–water partition coefficient (Wildman–Crippen LogP) is -1.76. The van der Waals surface area contributed by atoms with Gasteiger partial charge in [-0.05, 0) is 0 Å². The normalized spacial score (nSPS) is 2.60. The van der Waals surface area contributed by atoms with Gasteiger partial charge in [0, 0.05) is 0 Å². The first-order chi connectivity index (χ1) is 2.41. The van der Waals surface area contributed by atoms with Crippen molar-refractivity contribution in [2.45, 2.75) is 0 Å². The SMILES string of the molecule is N#CN.NN. The van der Waals surface area contributed by atoms with Crippen LogP contribution in [0.2, 0.25) is 0 Å². The van der Waals surface area contributed by atoms with Gasteiger partial charge < -0.3 is 5.73 Å². The molecule has 0 aromatic heterocycles. The summed E-state index contributed by atoms with van der Waals surface area (Å²) in [4.78, 5) is 0. The molecule has 0 unspecified atom stereocenters. The first-order valence-corrected chi connectivity index (χ1v) is 0.846. The molecule has 0 saturated heterocycles. The lowest BCUT2D eigenvalue weighted by Gasteiger charge is -1.27. The third-order valence-electron chi connectivity index (χ3n) is 0. The third-order valence-corrected chi connectivity index (χ3v) is 0. The second kappa shape index (κ2) is 356. The summed E-state index contributed by atoms with van der Waals surface area (Å²) in [6, 6.07) is 0. The van der Waals surface area contributed by atoms with Crippen LogP contribution in [0.4, 0.5) is 0 Å². The highest BCUT2D eigenvalue weighted by Crippen LogP contribution is 0.900. The molecule has 6 N–H and O–H groups in total. The number of hydrogen-bond donors (Lipinski definition) is 3. The Labute approximate surface area is 30.1 Å². The third kappa shape index (κ3) is 7.53. The number of nitriles is 1. The monoisotopic (exact) mass is 74.1 g/mol. The number of rotatable bonds is 0. The number of hydrogen-bond acceptors (Lipinski definition) is 4. The molecule has 0 heterocycles. The minimum atomic E-state index is 1.25. The molecule has 0 spiro atoms. The van der Waals surface area contributed by atoms with Gasteiger partial charge in [-0.1, -0.05) is 0 Å². The Hall–Kier alpha value is -0.790. The van der Waals surface area contributed by atoms with E-state index in [1.54, 1.807) is 0 Å². The minimum Gasteiger partial charge on any atom is -0.337 e. The van der Waals surface area contributed by atoms with Crippen LogP contribution in [-0.2, 0) is 0 Å². The summed E-state index contributed by atoms with van der Waals surface area (Å²) in [6.07, 6.45) is 1.25. The van der Waals surface area contributed by atoms with Gasteiger partial charge in [-0.3, -0.25) is 11.7 Å². The summed E-state index contributed by atoms with van der Waals surface area (Å²) in [6.45, 7) is 0. The Balaban J connectivity index is 0. The molecule has 0 bridgehead atoms. The Kier molecular flexibility index (Phi) is 632. The molecule has 0 fully saturated rings. The fourth-order valence-electron chi connectivity index (χ4n) is 0. The summed E-state index contributed by atoms with van der Waals surface area (Å²) in [5.41, 5.74) is 4.15. The van der Waals surface area contributed by atoms with E-state index >= 15 is 0 Å². The van der Waals surface area contributed by atoms with Crippen LogP contribution in [0.25, 0.3) is 0 Å². The second-order valence-electron chi connectivity index (χ2n) is 0.129. The maximum absolute atomic E-state index is 7.10. The fourth-order valence-corrected chi connectivity index (χ4v) is 0. The predicted molar refractivity (Wildman–Crippen MR) is 18.2 cm³/mol. The van der Waals surface area contributed by atoms with Gasteiger partial charge >= 0.3 is 0 Å². The van der Waals surface area contributed by atoms with Crippen molar-refractivity contribution >= 4 is 0 Å². The molecule has 0 saturated carbocycles. The van der Waals surface area contributed by atoms with Crippen molar-refractivity contribution in [3.05, 3.63) is 0 Å². The number of nitrogens with two attached hydrogens (primary N) is 3. The topological polar surface area (TPSA) is 102 Å². The molecule has 0 radical (unpaired) electrons. The Morgan fingerprint density at radius 1 is 1.40 bits per heavy atom. The van der Waals surface area contributed by atoms with Gasteiger partial charge in [0.2, 0.25) is 0 Å². The maximum Gasteiger partial charge on any atom is 0.173 e. The van der Waals surface area contributed by atoms with Crippen LogP contribution in [0.3, 0.4) is 0 Å². The van der Waals surface area contributed by atoms with Crippen LogP contribution >= 0.6 is 0 Å². The molecular weight excluding hydrogens is 68.0 g/mol. The van der Waals surface area contributed by atoms with Gasteiger partial charge in [0.05, 0.1) is 0 Å². The van der Waals surface area contributed by atoms with Gasteiger partial charge in [0.1, 0.15) is 0 Å². The van der Waals surface area contributed by atoms with Crippen LogP contribution in [0, 0.1) is 11.5 Å². The zero-order valence-corrected chi connectivity index (χ0v) is 2.68. The summed E-state index contributed by atoms with van der Waals surface area (Å²) in [5, 5.41) is 7.10. The molecule has 4 nitrogen and oxygen atoms in total. The van der Waals surface area contributed by atoms with E-state index in [1.165, 1.54) is 6.19 Å². The van der Waals surface area contributed by atoms with E-state index in [2.05, 4.69) is 17.4 Å². The highest BCUT2D eigenvalue weighted by atomic mass is 15.0. The summed E-state index contributed by atoms with van der Waals surface area (Å²) >= 11 is 0. The van der Waals surface area contributed by atoms with Crippen molar-refractivity contribution in [1.29, 1.82) is 5.26 Å².